The summed E-state index contributed by atoms with van der Waals surface area (Å²) in [5, 5.41) is 0. The summed E-state index contributed by atoms with van der Waals surface area (Å²) in [5.41, 5.74) is -0.0645. The van der Waals surface area contributed by atoms with E-state index in [1.807, 2.05) is 20.8 Å². The topological polar surface area (TPSA) is 54.5 Å². The molecule has 0 saturated heterocycles. The summed E-state index contributed by atoms with van der Waals surface area (Å²) in [5.74, 6) is -0.340. The van der Waals surface area contributed by atoms with Gasteiger partial charge in [-0.3, -0.25) is 9.59 Å². The average molecular weight is 396 g/mol. The molecule has 1 radical (unpaired) electrons. The van der Waals surface area contributed by atoms with Crippen molar-refractivity contribution in [1.82, 2.24) is 4.90 Å². The fourth-order valence-corrected chi connectivity index (χ4v) is 2.10. The maximum Gasteiger partial charge on any atom is 0.251 e. The number of carbonyl (C=O) groups excluding carboxylic acids is 3. The van der Waals surface area contributed by atoms with Crippen LogP contribution in [0.4, 0.5) is 0 Å². The zero-order valence-electron chi connectivity index (χ0n) is 15.3. The molecule has 1 rings (SSSR count). The molecule has 0 aromatic heterocycles. The molecule has 2 amide bonds. The summed E-state index contributed by atoms with van der Waals surface area (Å²) in [6.07, 6.45) is 3.35. The molecule has 0 aromatic rings. The van der Waals surface area contributed by atoms with Crippen molar-refractivity contribution in [2.24, 2.45) is 16.7 Å². The average Bonchev–Trinajstić information content (AvgIpc) is 2.65. The van der Waals surface area contributed by atoms with Gasteiger partial charge >= 0.3 is 0 Å². The molecular formula is C18H29NO3Y-2. The minimum atomic E-state index is -0.269. The monoisotopic (exact) mass is 396 g/mol. The standard InChI is InChI=1S/C12H23O.C6H6NO2.Y/c1-9(8-11(2,3)4)10(13)12(5,6)7;1-2-7-5(8)3-4-6(7)9;/h9H,1,8H2,2-7H3;3-4H,1-2H2;/q2*-1;. The second-order valence-corrected chi connectivity index (χ2v) is 7.74. The van der Waals surface area contributed by atoms with Crippen molar-refractivity contribution in [2.45, 2.75) is 48.0 Å². The van der Waals surface area contributed by atoms with Crippen molar-refractivity contribution in [3.8, 4) is 0 Å². The van der Waals surface area contributed by atoms with E-state index < -0.39 is 0 Å². The predicted octanol–water partition coefficient (Wildman–Crippen LogP) is 3.23. The van der Waals surface area contributed by atoms with Crippen LogP contribution in [0.5, 0.6) is 0 Å². The van der Waals surface area contributed by atoms with Gasteiger partial charge in [0, 0.05) is 50.3 Å². The molecule has 4 nitrogen and oxygen atoms in total. The SMILES string of the molecule is [CH2-]C(CC(C)(C)C)C(=O)C(C)(C)C.[CH2-]CN1C(=O)C=CC1=O.[Y]. The smallest absolute Gasteiger partial charge is 0.251 e. The van der Waals surface area contributed by atoms with Crippen molar-refractivity contribution in [3.63, 3.8) is 0 Å². The van der Waals surface area contributed by atoms with E-state index in [-0.39, 0.29) is 73.6 Å². The number of carbonyl (C=O) groups is 3. The van der Waals surface area contributed by atoms with Crippen molar-refractivity contribution in [2.75, 3.05) is 6.54 Å². The number of ketones is 1. The van der Waals surface area contributed by atoms with E-state index in [0.717, 1.165) is 11.3 Å². The maximum atomic E-state index is 11.8. The molecule has 5 heteroatoms. The number of hydrogen-bond donors (Lipinski definition) is 0. The van der Waals surface area contributed by atoms with Crippen molar-refractivity contribution < 1.29 is 47.1 Å². The third kappa shape index (κ3) is 9.51. The van der Waals surface area contributed by atoms with Crippen LogP contribution in [0.3, 0.4) is 0 Å². The summed E-state index contributed by atoms with van der Waals surface area (Å²) in [6, 6.07) is 0. The van der Waals surface area contributed by atoms with Crippen molar-refractivity contribution in [1.29, 1.82) is 0 Å². The zero-order valence-corrected chi connectivity index (χ0v) is 18.1. The maximum absolute atomic E-state index is 11.8. The molecule has 0 spiro atoms. The van der Waals surface area contributed by atoms with E-state index in [9.17, 15) is 14.4 Å². The molecule has 1 aliphatic heterocycles. The number of nitrogens with zero attached hydrogens (tertiary/aromatic N) is 1. The van der Waals surface area contributed by atoms with Crippen LogP contribution in [0, 0.1) is 30.6 Å². The van der Waals surface area contributed by atoms with E-state index in [4.69, 9.17) is 0 Å². The van der Waals surface area contributed by atoms with Crippen LogP contribution >= 0.6 is 0 Å². The van der Waals surface area contributed by atoms with Gasteiger partial charge in [-0.05, 0) is 5.41 Å². The molecule has 0 saturated carbocycles. The van der Waals surface area contributed by atoms with Gasteiger partial charge < -0.3 is 23.5 Å². The Bertz CT molecular complexity index is 438. The molecular weight excluding hydrogens is 367 g/mol. The summed E-state index contributed by atoms with van der Waals surface area (Å²) in [7, 11) is 0. The Labute approximate surface area is 166 Å². The first kappa shape index (κ1) is 24.9. The minimum Gasteiger partial charge on any atom is -0.333 e. The molecule has 0 aliphatic carbocycles. The molecule has 0 fully saturated rings. The molecule has 0 aromatic carbocycles. The zero-order chi connectivity index (χ0) is 17.7. The summed E-state index contributed by atoms with van der Waals surface area (Å²) >= 11 is 0. The van der Waals surface area contributed by atoms with Gasteiger partial charge in [0.1, 0.15) is 5.78 Å². The molecule has 1 unspecified atom stereocenters. The van der Waals surface area contributed by atoms with Gasteiger partial charge in [-0.2, -0.15) is 0 Å². The fraction of sp³-hybridized carbons (Fsp3) is 0.611. The van der Waals surface area contributed by atoms with Crippen molar-refractivity contribution in [3.05, 3.63) is 26.0 Å². The van der Waals surface area contributed by atoms with Gasteiger partial charge in [-0.1, -0.05) is 54.5 Å². The normalized spacial score (nSPS) is 15.7. The largest absolute Gasteiger partial charge is 0.333 e. The first-order valence-corrected chi connectivity index (χ1v) is 7.50. The quantitative estimate of drug-likeness (QED) is 0.544. The van der Waals surface area contributed by atoms with Crippen LogP contribution in [0.2, 0.25) is 0 Å². The van der Waals surface area contributed by atoms with E-state index in [1.165, 1.54) is 12.2 Å². The summed E-state index contributed by atoms with van der Waals surface area (Å²) in [4.78, 5) is 34.0. The van der Waals surface area contributed by atoms with Gasteiger partial charge in [0.15, 0.2) is 0 Å². The van der Waals surface area contributed by atoms with Gasteiger partial charge in [-0.15, -0.1) is 5.92 Å². The predicted molar refractivity (Wildman–Crippen MR) is 88.6 cm³/mol. The molecule has 129 valence electrons. The number of amides is 2. The Morgan fingerprint density at radius 2 is 1.48 bits per heavy atom. The van der Waals surface area contributed by atoms with E-state index >= 15 is 0 Å². The van der Waals surface area contributed by atoms with E-state index in [1.54, 1.807) is 0 Å². The van der Waals surface area contributed by atoms with Crippen LogP contribution < -0.4 is 0 Å². The first-order valence-electron chi connectivity index (χ1n) is 7.50. The van der Waals surface area contributed by atoms with Crippen LogP contribution in [-0.2, 0) is 47.1 Å². The van der Waals surface area contributed by atoms with E-state index in [0.29, 0.717) is 0 Å². The third-order valence-corrected chi connectivity index (χ3v) is 3.09. The second kappa shape index (κ2) is 9.83. The fourth-order valence-electron chi connectivity index (χ4n) is 2.10. The summed E-state index contributed by atoms with van der Waals surface area (Å²) in [6.45, 7) is 19.8. The van der Waals surface area contributed by atoms with Crippen LogP contribution in [0.25, 0.3) is 0 Å². The number of rotatable bonds is 3. The van der Waals surface area contributed by atoms with Gasteiger partial charge in [0.2, 0.25) is 0 Å². The molecule has 1 heterocycles. The van der Waals surface area contributed by atoms with Gasteiger partial charge in [-0.25, -0.2) is 0 Å². The molecule has 23 heavy (non-hydrogen) atoms. The van der Waals surface area contributed by atoms with Gasteiger partial charge in [0.05, 0.1) is 0 Å². The second-order valence-electron chi connectivity index (χ2n) is 7.74. The Hall–Kier alpha value is -0.346. The minimum absolute atomic E-state index is 0. The number of imide groups is 1. The van der Waals surface area contributed by atoms with Crippen LogP contribution in [-0.4, -0.2) is 29.0 Å². The summed E-state index contributed by atoms with van der Waals surface area (Å²) < 4.78 is 0. The molecule has 0 N–H and O–H groups in total. The van der Waals surface area contributed by atoms with E-state index in [2.05, 4.69) is 34.6 Å². The Kier molecular flexibility index (Phi) is 10.6. The Morgan fingerprint density at radius 3 is 1.70 bits per heavy atom. The molecule has 1 atom stereocenters. The third-order valence-electron chi connectivity index (χ3n) is 3.09. The van der Waals surface area contributed by atoms with Crippen molar-refractivity contribution >= 4 is 17.6 Å². The number of Topliss-reactive ketones (excluding diaryl/α,β-unsaturated/α-hetero) is 1. The van der Waals surface area contributed by atoms with Crippen LogP contribution in [0.15, 0.2) is 12.2 Å². The molecule has 0 bridgehead atoms. The Morgan fingerprint density at radius 1 is 1.09 bits per heavy atom. The van der Waals surface area contributed by atoms with Gasteiger partial charge in [0.25, 0.3) is 11.8 Å². The number of hydrogen-bond acceptors (Lipinski definition) is 3. The molecule has 1 aliphatic rings. The van der Waals surface area contributed by atoms with Crippen LogP contribution in [0.1, 0.15) is 48.0 Å². The first-order chi connectivity index (χ1) is 9.79. The Balaban J connectivity index is 0.